The number of likely N-dealkylation sites (tertiary alicyclic amines) is 1. The second kappa shape index (κ2) is 7.74. The molecular formula is C16H33N3O. The van der Waals surface area contributed by atoms with Gasteiger partial charge >= 0.3 is 0 Å². The first-order chi connectivity index (χ1) is 9.54. The van der Waals surface area contributed by atoms with Crippen LogP contribution < -0.4 is 0 Å². The van der Waals surface area contributed by atoms with Crippen LogP contribution in [0.3, 0.4) is 0 Å². The Labute approximate surface area is 124 Å². The Morgan fingerprint density at radius 2 is 1.40 bits per heavy atom. The van der Waals surface area contributed by atoms with Crippen molar-refractivity contribution in [1.82, 2.24) is 14.7 Å². The molecule has 2 aliphatic rings. The van der Waals surface area contributed by atoms with E-state index in [1.165, 1.54) is 25.9 Å². The number of rotatable bonds is 5. The van der Waals surface area contributed by atoms with E-state index in [-0.39, 0.29) is 6.10 Å². The lowest BCUT2D eigenvalue weighted by atomic mass is 9.99. The first-order valence-corrected chi connectivity index (χ1v) is 8.41. The Morgan fingerprint density at radius 3 is 1.90 bits per heavy atom. The van der Waals surface area contributed by atoms with Gasteiger partial charge in [-0.3, -0.25) is 9.80 Å². The van der Waals surface area contributed by atoms with Gasteiger partial charge in [0.25, 0.3) is 0 Å². The minimum absolute atomic E-state index is 0.186. The van der Waals surface area contributed by atoms with Gasteiger partial charge in [-0.25, -0.2) is 0 Å². The Hall–Kier alpha value is -0.160. The van der Waals surface area contributed by atoms with Crippen LogP contribution in [-0.4, -0.2) is 84.3 Å². The van der Waals surface area contributed by atoms with Crippen LogP contribution in [0.2, 0.25) is 0 Å². The number of piperidine rings is 1. The van der Waals surface area contributed by atoms with Gasteiger partial charge in [0.15, 0.2) is 0 Å². The summed E-state index contributed by atoms with van der Waals surface area (Å²) >= 11 is 0. The van der Waals surface area contributed by atoms with Gasteiger partial charge in [-0.15, -0.1) is 0 Å². The van der Waals surface area contributed by atoms with Crippen molar-refractivity contribution in [2.24, 2.45) is 5.92 Å². The predicted molar refractivity (Wildman–Crippen MR) is 84.0 cm³/mol. The van der Waals surface area contributed by atoms with E-state index in [4.69, 9.17) is 0 Å². The maximum atomic E-state index is 10.3. The molecule has 4 nitrogen and oxygen atoms in total. The fourth-order valence-electron chi connectivity index (χ4n) is 3.36. The molecule has 0 aromatic rings. The summed E-state index contributed by atoms with van der Waals surface area (Å²) in [5, 5.41) is 10.3. The predicted octanol–water partition coefficient (Wildman–Crippen LogP) is 1.11. The van der Waals surface area contributed by atoms with E-state index in [0.29, 0.717) is 6.04 Å². The zero-order valence-electron chi connectivity index (χ0n) is 13.6. The monoisotopic (exact) mass is 283 g/mol. The van der Waals surface area contributed by atoms with E-state index in [1.54, 1.807) is 0 Å². The van der Waals surface area contributed by atoms with Crippen molar-refractivity contribution in [3.63, 3.8) is 0 Å². The molecule has 118 valence electrons. The molecule has 0 aliphatic carbocycles. The standard InChI is InChI=1S/C16H33N3O/c1-14(2)19-10-8-18(9-11-19)13-16(20)12-17-6-4-15(3)5-7-17/h14-16,20H,4-13H2,1-3H3. The lowest BCUT2D eigenvalue weighted by Crippen LogP contribution is -2.51. The molecule has 2 rings (SSSR count). The molecule has 4 heteroatoms. The van der Waals surface area contributed by atoms with E-state index in [2.05, 4.69) is 35.5 Å². The molecular weight excluding hydrogens is 250 g/mol. The van der Waals surface area contributed by atoms with Crippen LogP contribution in [0.4, 0.5) is 0 Å². The highest BCUT2D eigenvalue weighted by Gasteiger charge is 2.23. The number of hydrogen-bond donors (Lipinski definition) is 1. The van der Waals surface area contributed by atoms with E-state index in [9.17, 15) is 5.11 Å². The summed E-state index contributed by atoms with van der Waals surface area (Å²) in [7, 11) is 0. The van der Waals surface area contributed by atoms with Gasteiger partial charge in [0.05, 0.1) is 6.10 Å². The fourth-order valence-corrected chi connectivity index (χ4v) is 3.36. The number of piperazine rings is 1. The molecule has 1 atom stereocenters. The smallest absolute Gasteiger partial charge is 0.0793 e. The van der Waals surface area contributed by atoms with Gasteiger partial charge < -0.3 is 10.0 Å². The Balaban J connectivity index is 1.64. The van der Waals surface area contributed by atoms with Crippen molar-refractivity contribution in [2.75, 3.05) is 52.4 Å². The maximum Gasteiger partial charge on any atom is 0.0793 e. The summed E-state index contributed by atoms with van der Waals surface area (Å²) in [4.78, 5) is 7.39. The summed E-state index contributed by atoms with van der Waals surface area (Å²) in [5.41, 5.74) is 0. The number of hydrogen-bond acceptors (Lipinski definition) is 4. The number of β-amino-alcohol motifs (C(OH)–C–C–N with tert-alkyl or cyclic N) is 1. The molecule has 20 heavy (non-hydrogen) atoms. The van der Waals surface area contributed by atoms with Gasteiger partial charge in [-0.05, 0) is 45.7 Å². The lowest BCUT2D eigenvalue weighted by molar-refractivity contribution is 0.0375. The molecule has 0 saturated carbocycles. The third-order valence-corrected chi connectivity index (χ3v) is 4.95. The first-order valence-electron chi connectivity index (χ1n) is 8.41. The summed E-state index contributed by atoms with van der Waals surface area (Å²) in [6.07, 6.45) is 2.40. The van der Waals surface area contributed by atoms with Crippen LogP contribution in [0.25, 0.3) is 0 Å². The van der Waals surface area contributed by atoms with Gasteiger partial charge in [0, 0.05) is 45.3 Å². The minimum Gasteiger partial charge on any atom is -0.390 e. The second-order valence-electron chi connectivity index (χ2n) is 7.07. The number of aliphatic hydroxyl groups is 1. The van der Waals surface area contributed by atoms with Gasteiger partial charge in [-0.2, -0.15) is 0 Å². The second-order valence-corrected chi connectivity index (χ2v) is 7.07. The van der Waals surface area contributed by atoms with Crippen LogP contribution in [0.15, 0.2) is 0 Å². The third-order valence-electron chi connectivity index (χ3n) is 4.95. The maximum absolute atomic E-state index is 10.3. The largest absolute Gasteiger partial charge is 0.390 e. The molecule has 2 aliphatic heterocycles. The molecule has 0 radical (unpaired) electrons. The van der Waals surface area contributed by atoms with Crippen LogP contribution in [0.5, 0.6) is 0 Å². The summed E-state index contributed by atoms with van der Waals surface area (Å²) in [5.74, 6) is 0.868. The van der Waals surface area contributed by atoms with Crippen molar-refractivity contribution in [3.8, 4) is 0 Å². The average Bonchev–Trinajstić information content (AvgIpc) is 2.42. The Bertz CT molecular complexity index is 269. The normalized spacial score (nSPS) is 26.2. The van der Waals surface area contributed by atoms with Crippen LogP contribution in [0, 0.1) is 5.92 Å². The lowest BCUT2D eigenvalue weighted by Gasteiger charge is -2.38. The quantitative estimate of drug-likeness (QED) is 0.818. The van der Waals surface area contributed by atoms with Crippen molar-refractivity contribution in [3.05, 3.63) is 0 Å². The van der Waals surface area contributed by atoms with Gasteiger partial charge in [0.1, 0.15) is 0 Å². The zero-order valence-corrected chi connectivity index (χ0v) is 13.6. The Kier molecular flexibility index (Phi) is 6.27. The number of aliphatic hydroxyl groups excluding tert-OH is 1. The number of nitrogens with zero attached hydrogens (tertiary/aromatic N) is 3. The van der Waals surface area contributed by atoms with E-state index in [0.717, 1.165) is 45.2 Å². The van der Waals surface area contributed by atoms with Crippen molar-refractivity contribution >= 4 is 0 Å². The highest BCUT2D eigenvalue weighted by atomic mass is 16.3. The molecule has 0 bridgehead atoms. The zero-order chi connectivity index (χ0) is 14.5. The molecule has 1 N–H and O–H groups in total. The highest BCUT2D eigenvalue weighted by Crippen LogP contribution is 2.16. The molecule has 2 heterocycles. The third kappa shape index (κ3) is 4.99. The van der Waals surface area contributed by atoms with Gasteiger partial charge in [-0.1, -0.05) is 6.92 Å². The molecule has 0 spiro atoms. The topological polar surface area (TPSA) is 30.0 Å². The molecule has 1 unspecified atom stereocenters. The van der Waals surface area contributed by atoms with Crippen molar-refractivity contribution in [2.45, 2.75) is 45.8 Å². The van der Waals surface area contributed by atoms with E-state index >= 15 is 0 Å². The summed E-state index contributed by atoms with van der Waals surface area (Å²) < 4.78 is 0. The van der Waals surface area contributed by atoms with Crippen molar-refractivity contribution in [1.29, 1.82) is 0 Å². The molecule has 0 amide bonds. The SMILES string of the molecule is CC1CCN(CC(O)CN2CCN(C(C)C)CC2)CC1. The van der Waals surface area contributed by atoms with Crippen LogP contribution in [0.1, 0.15) is 33.6 Å². The Morgan fingerprint density at radius 1 is 0.900 bits per heavy atom. The summed E-state index contributed by atoms with van der Waals surface area (Å²) in [6.45, 7) is 15.4. The molecule has 0 aromatic carbocycles. The van der Waals surface area contributed by atoms with E-state index < -0.39 is 0 Å². The molecule has 2 saturated heterocycles. The van der Waals surface area contributed by atoms with Crippen LogP contribution >= 0.6 is 0 Å². The highest BCUT2D eigenvalue weighted by molar-refractivity contribution is 4.78. The first kappa shape index (κ1) is 16.2. The van der Waals surface area contributed by atoms with E-state index in [1.807, 2.05) is 0 Å². The van der Waals surface area contributed by atoms with Crippen LogP contribution in [-0.2, 0) is 0 Å². The minimum atomic E-state index is -0.186. The molecule has 2 fully saturated rings. The molecule has 0 aromatic heterocycles. The fraction of sp³-hybridized carbons (Fsp3) is 1.00. The average molecular weight is 283 g/mol. The van der Waals surface area contributed by atoms with Gasteiger partial charge in [0.2, 0.25) is 0 Å². The van der Waals surface area contributed by atoms with Crippen molar-refractivity contribution < 1.29 is 5.11 Å². The summed E-state index contributed by atoms with van der Waals surface area (Å²) in [6, 6.07) is 0.650.